The fraction of sp³-hybridized carbons (Fsp3) is 0.231. The van der Waals surface area contributed by atoms with Gasteiger partial charge in [0.1, 0.15) is 5.75 Å². The molecule has 7 nitrogen and oxygen atoms in total. The van der Waals surface area contributed by atoms with E-state index in [2.05, 4.69) is 9.97 Å². The van der Waals surface area contributed by atoms with Crippen molar-refractivity contribution in [1.29, 1.82) is 0 Å². The molecule has 1 saturated carbocycles. The maximum Gasteiger partial charge on any atom is 0.417 e. The van der Waals surface area contributed by atoms with Gasteiger partial charge in [0.15, 0.2) is 23.1 Å². The molecular formula is C39H26F6N2O5. The first-order chi connectivity index (χ1) is 24.6. The van der Waals surface area contributed by atoms with Crippen LogP contribution in [0.4, 0.5) is 26.3 Å². The second-order valence-electron chi connectivity index (χ2n) is 12.8. The average molecular weight is 717 g/mol. The number of carbonyl (C=O) groups is 4. The average Bonchev–Trinajstić information content (AvgIpc) is 3.90. The van der Waals surface area contributed by atoms with E-state index in [1.807, 2.05) is 0 Å². The van der Waals surface area contributed by atoms with Gasteiger partial charge in [0.05, 0.1) is 23.8 Å². The van der Waals surface area contributed by atoms with Crippen LogP contribution in [0.15, 0.2) is 95.3 Å². The number of nitrogens with zero attached hydrogens (tertiary/aromatic N) is 2. The molecule has 0 aliphatic heterocycles. The number of benzene rings is 2. The van der Waals surface area contributed by atoms with Crippen molar-refractivity contribution >= 4 is 23.1 Å². The Kier molecular flexibility index (Phi) is 8.34. The second kappa shape index (κ2) is 12.5. The Morgan fingerprint density at radius 3 is 1.71 bits per heavy atom. The minimum absolute atomic E-state index is 0.0110. The normalized spacial score (nSPS) is 18.8. The Labute approximate surface area is 292 Å². The number of methoxy groups -OCH3 is 1. The fourth-order valence-electron chi connectivity index (χ4n) is 7.02. The zero-order chi connectivity index (χ0) is 37.3. The van der Waals surface area contributed by atoms with Crippen LogP contribution in [0.2, 0.25) is 0 Å². The summed E-state index contributed by atoms with van der Waals surface area (Å²) in [6.45, 7) is 1.45. The van der Waals surface area contributed by atoms with Crippen molar-refractivity contribution in [2.75, 3.05) is 7.11 Å². The molecule has 264 valence electrons. The van der Waals surface area contributed by atoms with Crippen molar-refractivity contribution in [3.8, 4) is 5.75 Å². The monoisotopic (exact) mass is 716 g/mol. The lowest BCUT2D eigenvalue weighted by Gasteiger charge is -2.24. The topological polar surface area (TPSA) is 103 Å². The number of fused-ring (bicyclic) bond motifs is 2. The largest absolute Gasteiger partial charge is 0.496 e. The molecule has 0 bridgehead atoms. The van der Waals surface area contributed by atoms with Gasteiger partial charge in [-0.2, -0.15) is 26.3 Å². The van der Waals surface area contributed by atoms with Crippen LogP contribution in [-0.4, -0.2) is 40.2 Å². The van der Waals surface area contributed by atoms with E-state index >= 15 is 0 Å². The van der Waals surface area contributed by atoms with Gasteiger partial charge in [-0.05, 0) is 61.1 Å². The lowest BCUT2D eigenvalue weighted by molar-refractivity contribution is -0.138. The molecule has 2 heterocycles. The van der Waals surface area contributed by atoms with Crippen LogP contribution in [0.5, 0.6) is 5.75 Å². The summed E-state index contributed by atoms with van der Waals surface area (Å²) in [5, 5.41) is 0. The fourth-order valence-corrected chi connectivity index (χ4v) is 7.02. The number of allylic oxidation sites excluding steroid dienone is 4. The Bertz CT molecular complexity index is 2270. The van der Waals surface area contributed by atoms with Gasteiger partial charge < -0.3 is 4.74 Å². The van der Waals surface area contributed by atoms with Gasteiger partial charge in [0, 0.05) is 75.6 Å². The number of rotatable bonds is 7. The molecule has 0 N–H and O–H groups in total. The summed E-state index contributed by atoms with van der Waals surface area (Å²) in [5.74, 6) is -2.68. The molecule has 7 rings (SSSR count). The number of halogens is 6. The molecule has 52 heavy (non-hydrogen) atoms. The third-order valence-electron chi connectivity index (χ3n) is 9.77. The highest BCUT2D eigenvalue weighted by Crippen LogP contribution is 2.57. The summed E-state index contributed by atoms with van der Waals surface area (Å²) < 4.78 is 84.4. The van der Waals surface area contributed by atoms with Gasteiger partial charge in [0.25, 0.3) is 0 Å². The van der Waals surface area contributed by atoms with Crippen LogP contribution in [0.1, 0.15) is 88.8 Å². The Balaban J connectivity index is 1.23. The first-order valence-corrected chi connectivity index (χ1v) is 16.1. The molecule has 3 aliphatic carbocycles. The second-order valence-corrected chi connectivity index (χ2v) is 12.8. The Hall–Kier alpha value is -5.72. The van der Waals surface area contributed by atoms with Gasteiger partial charge in [0.2, 0.25) is 0 Å². The number of hydrogen-bond donors (Lipinski definition) is 0. The molecule has 0 amide bonds. The molecule has 0 spiro atoms. The molecule has 0 saturated heterocycles. The number of ketones is 4. The minimum Gasteiger partial charge on any atom is -0.496 e. The highest BCUT2D eigenvalue weighted by molar-refractivity contribution is 6.29. The van der Waals surface area contributed by atoms with Crippen molar-refractivity contribution in [3.05, 3.63) is 146 Å². The number of aromatic nitrogens is 2. The van der Waals surface area contributed by atoms with Gasteiger partial charge in [-0.15, -0.1) is 0 Å². The first kappa shape index (κ1) is 34.7. The molecule has 2 atom stereocenters. The predicted molar refractivity (Wildman–Crippen MR) is 173 cm³/mol. The smallest absolute Gasteiger partial charge is 0.417 e. The molecule has 13 heteroatoms. The summed E-state index contributed by atoms with van der Waals surface area (Å²) in [4.78, 5) is 63.2. The number of ether oxygens (including phenoxy) is 1. The quantitative estimate of drug-likeness (QED) is 0.178. The van der Waals surface area contributed by atoms with Crippen molar-refractivity contribution in [1.82, 2.24) is 9.97 Å². The van der Waals surface area contributed by atoms with E-state index in [1.54, 1.807) is 18.2 Å². The number of Topliss-reactive ketones (excluding diaryl/α,β-unsaturated/α-hetero) is 4. The number of carbonyl (C=O) groups excluding carboxylic acids is 4. The van der Waals surface area contributed by atoms with Crippen LogP contribution in [-0.2, 0) is 25.2 Å². The Morgan fingerprint density at radius 1 is 0.654 bits per heavy atom. The van der Waals surface area contributed by atoms with Crippen molar-refractivity contribution < 1.29 is 50.3 Å². The van der Waals surface area contributed by atoms with Crippen molar-refractivity contribution in [2.24, 2.45) is 5.92 Å². The molecule has 3 aliphatic rings. The van der Waals surface area contributed by atoms with E-state index in [9.17, 15) is 45.5 Å². The third kappa shape index (κ3) is 5.93. The first-order valence-electron chi connectivity index (χ1n) is 16.1. The molecule has 2 aromatic carbocycles. The highest BCUT2D eigenvalue weighted by Gasteiger charge is 2.49. The van der Waals surface area contributed by atoms with E-state index in [1.165, 1.54) is 38.3 Å². The predicted octanol–water partition coefficient (Wildman–Crippen LogP) is 8.18. The summed E-state index contributed by atoms with van der Waals surface area (Å²) in [6, 6.07) is 13.4. The minimum atomic E-state index is -4.61. The lowest BCUT2D eigenvalue weighted by atomic mass is 9.79. The standard InChI is InChI=1S/C39H26F6N2O5/c1-18-27(13-21-9-7-19(16-46-21)38(40,41)42)35(50)26-12-11-25(37(52-2)32(26)33(18)48)28-15-29(28)31-30(14-22-10-8-20(17-47-22)39(43,44)45)34(49)23-5-3-4-6-24(23)36(31)51/h3-12,16-17,28-29H,13-15H2,1-2H3. The zero-order valence-electron chi connectivity index (χ0n) is 27.4. The summed E-state index contributed by atoms with van der Waals surface area (Å²) in [7, 11) is 1.33. The third-order valence-corrected chi connectivity index (χ3v) is 9.77. The molecule has 0 radical (unpaired) electrons. The number of alkyl halides is 6. The van der Waals surface area contributed by atoms with Crippen molar-refractivity contribution in [2.45, 2.75) is 44.5 Å². The van der Waals surface area contributed by atoms with Crippen LogP contribution < -0.4 is 4.74 Å². The van der Waals surface area contributed by atoms with E-state index in [4.69, 9.17) is 4.74 Å². The van der Waals surface area contributed by atoms with Crippen molar-refractivity contribution in [3.63, 3.8) is 0 Å². The van der Waals surface area contributed by atoms with E-state index in [-0.39, 0.29) is 74.5 Å². The summed E-state index contributed by atoms with van der Waals surface area (Å²) in [5.41, 5.74) is -0.125. The summed E-state index contributed by atoms with van der Waals surface area (Å²) >= 11 is 0. The maximum absolute atomic E-state index is 14.0. The van der Waals surface area contributed by atoms with Gasteiger partial charge in [-0.3, -0.25) is 29.1 Å². The zero-order valence-corrected chi connectivity index (χ0v) is 27.4. The van der Waals surface area contributed by atoms with Gasteiger partial charge >= 0.3 is 12.4 Å². The van der Waals surface area contributed by atoms with Crippen LogP contribution >= 0.6 is 0 Å². The SMILES string of the molecule is COc1c(C2CC2C2=C(Cc3ccc(C(F)(F)F)cn3)C(=O)c3ccccc3C2=O)ccc2c1C(=O)C(C)=C(Cc1ccc(C(F)(F)F)cn1)C2=O. The van der Waals surface area contributed by atoms with E-state index < -0.39 is 58.4 Å². The molecule has 4 aromatic rings. The van der Waals surface area contributed by atoms with E-state index in [0.29, 0.717) is 24.4 Å². The maximum atomic E-state index is 14.0. The van der Waals surface area contributed by atoms with E-state index in [0.717, 1.165) is 18.2 Å². The Morgan fingerprint density at radius 2 is 1.19 bits per heavy atom. The van der Waals surface area contributed by atoms with Gasteiger partial charge in [-0.1, -0.05) is 30.3 Å². The van der Waals surface area contributed by atoms with Gasteiger partial charge in [-0.25, -0.2) is 0 Å². The summed E-state index contributed by atoms with van der Waals surface area (Å²) in [6.07, 6.45) is -7.84. The molecular weight excluding hydrogens is 690 g/mol. The number of hydrogen-bond acceptors (Lipinski definition) is 7. The lowest BCUT2D eigenvalue weighted by Crippen LogP contribution is -2.25. The number of pyridine rings is 2. The highest BCUT2D eigenvalue weighted by atomic mass is 19.4. The molecule has 1 fully saturated rings. The van der Waals surface area contributed by atoms with Crippen LogP contribution in [0.25, 0.3) is 0 Å². The molecule has 2 aromatic heterocycles. The van der Waals surface area contributed by atoms with Crippen LogP contribution in [0.3, 0.4) is 0 Å². The molecule has 2 unspecified atom stereocenters. The van der Waals surface area contributed by atoms with Crippen LogP contribution in [0, 0.1) is 5.92 Å².